The third kappa shape index (κ3) is 2.68. The summed E-state index contributed by atoms with van der Waals surface area (Å²) in [4.78, 5) is 15.1. The Hall–Kier alpha value is -1.76. The molecule has 0 bridgehead atoms. The Morgan fingerprint density at radius 2 is 2.18 bits per heavy atom. The van der Waals surface area contributed by atoms with Crippen LogP contribution >= 0.6 is 0 Å². The highest BCUT2D eigenvalue weighted by molar-refractivity contribution is 5.87. The van der Waals surface area contributed by atoms with Gasteiger partial charge in [-0.3, -0.25) is 0 Å². The van der Waals surface area contributed by atoms with E-state index in [1.54, 1.807) is 0 Å². The summed E-state index contributed by atoms with van der Waals surface area (Å²) >= 11 is 0. The van der Waals surface area contributed by atoms with Crippen LogP contribution < -0.4 is 10.5 Å². The first-order chi connectivity index (χ1) is 8.04. The molecule has 1 rings (SSSR count). The number of methoxy groups -OCH3 is 2. The van der Waals surface area contributed by atoms with Gasteiger partial charge in [0.15, 0.2) is 5.75 Å². The number of hydrogen-bond acceptors (Lipinski definition) is 5. The molecule has 0 aliphatic rings. The molecule has 2 N–H and O–H groups in total. The summed E-state index contributed by atoms with van der Waals surface area (Å²) < 4.78 is 34.8. The normalized spacial score (nSPS) is 10.5. The maximum atomic E-state index is 12.8. The molecule has 94 valence electrons. The van der Waals surface area contributed by atoms with Gasteiger partial charge in [-0.25, -0.2) is 18.6 Å². The number of carbonyl (C=O) groups is 1. The van der Waals surface area contributed by atoms with E-state index < -0.39 is 18.0 Å². The summed E-state index contributed by atoms with van der Waals surface area (Å²) in [6.45, 7) is -0.117. The largest absolute Gasteiger partial charge is 0.494 e. The van der Waals surface area contributed by atoms with Gasteiger partial charge in [0.1, 0.15) is 5.69 Å². The number of carbonyl (C=O) groups excluding carboxylic acids is 1. The lowest BCUT2D eigenvalue weighted by Gasteiger charge is -2.12. The third-order valence-electron chi connectivity index (χ3n) is 2.10. The van der Waals surface area contributed by atoms with Crippen LogP contribution in [-0.4, -0.2) is 25.2 Å². The van der Waals surface area contributed by atoms with Crippen LogP contribution in [0.15, 0.2) is 6.07 Å². The number of nitrogens with zero attached hydrogens (tertiary/aromatic N) is 1. The molecule has 1 heterocycles. The van der Waals surface area contributed by atoms with Gasteiger partial charge in [0.25, 0.3) is 6.43 Å². The number of nitrogens with two attached hydrogens (primary N) is 1. The van der Waals surface area contributed by atoms with Crippen molar-refractivity contribution in [2.24, 2.45) is 5.73 Å². The fraction of sp³-hybridized carbons (Fsp3) is 0.400. The molecule has 0 atom stereocenters. The van der Waals surface area contributed by atoms with Crippen molar-refractivity contribution < 1.29 is 23.0 Å². The Balaban J connectivity index is 3.40. The fourth-order valence-corrected chi connectivity index (χ4v) is 1.35. The average Bonchev–Trinajstić information content (AvgIpc) is 2.35. The van der Waals surface area contributed by atoms with Crippen LogP contribution in [0, 0.1) is 0 Å². The Morgan fingerprint density at radius 1 is 1.53 bits per heavy atom. The van der Waals surface area contributed by atoms with Crippen LogP contribution in [0.5, 0.6) is 5.75 Å². The third-order valence-corrected chi connectivity index (χ3v) is 2.10. The molecule has 0 aliphatic heterocycles. The lowest BCUT2D eigenvalue weighted by atomic mass is 10.1. The highest BCUT2D eigenvalue weighted by Gasteiger charge is 2.22. The molecule has 1 aromatic rings. The van der Waals surface area contributed by atoms with E-state index in [2.05, 4.69) is 9.72 Å². The first-order valence-corrected chi connectivity index (χ1v) is 4.69. The van der Waals surface area contributed by atoms with Gasteiger partial charge in [0, 0.05) is 6.54 Å². The van der Waals surface area contributed by atoms with Crippen molar-refractivity contribution in [2.75, 3.05) is 14.2 Å². The van der Waals surface area contributed by atoms with Gasteiger partial charge < -0.3 is 15.2 Å². The van der Waals surface area contributed by atoms with Crippen LogP contribution in [-0.2, 0) is 11.3 Å². The van der Waals surface area contributed by atoms with Crippen molar-refractivity contribution >= 4 is 5.97 Å². The molecular weight excluding hydrogens is 234 g/mol. The molecular formula is C10H12F2N2O3. The van der Waals surface area contributed by atoms with Gasteiger partial charge in [0.05, 0.1) is 25.5 Å². The summed E-state index contributed by atoms with van der Waals surface area (Å²) in [7, 11) is 2.37. The van der Waals surface area contributed by atoms with Crippen molar-refractivity contribution in [3.63, 3.8) is 0 Å². The SMILES string of the molecule is COC(=O)c1cc(C(F)F)c(OC)c(CN)n1. The zero-order valence-corrected chi connectivity index (χ0v) is 9.37. The minimum atomic E-state index is -2.79. The maximum absolute atomic E-state index is 12.8. The quantitative estimate of drug-likeness (QED) is 0.810. The molecule has 0 saturated heterocycles. The molecule has 5 nitrogen and oxygen atoms in total. The number of pyridine rings is 1. The second-order valence-electron chi connectivity index (χ2n) is 3.07. The number of hydrogen-bond donors (Lipinski definition) is 1. The van der Waals surface area contributed by atoms with Gasteiger partial charge in [0.2, 0.25) is 0 Å². The topological polar surface area (TPSA) is 74.4 Å². The second-order valence-corrected chi connectivity index (χ2v) is 3.07. The molecule has 7 heteroatoms. The minimum Gasteiger partial charge on any atom is -0.494 e. The summed E-state index contributed by atoms with van der Waals surface area (Å²) in [6.07, 6.45) is -2.79. The summed E-state index contributed by atoms with van der Waals surface area (Å²) in [5, 5.41) is 0. The smallest absolute Gasteiger partial charge is 0.356 e. The first-order valence-electron chi connectivity index (χ1n) is 4.69. The maximum Gasteiger partial charge on any atom is 0.356 e. The monoisotopic (exact) mass is 246 g/mol. The Bertz CT molecular complexity index is 424. The van der Waals surface area contributed by atoms with Crippen molar-refractivity contribution in [3.8, 4) is 5.75 Å². The molecule has 0 radical (unpaired) electrons. The molecule has 0 amide bonds. The van der Waals surface area contributed by atoms with Gasteiger partial charge in [-0.15, -0.1) is 0 Å². The van der Waals surface area contributed by atoms with E-state index in [1.165, 1.54) is 7.11 Å². The lowest BCUT2D eigenvalue weighted by molar-refractivity contribution is 0.0593. The highest BCUT2D eigenvalue weighted by atomic mass is 19.3. The van der Waals surface area contributed by atoms with Crippen molar-refractivity contribution in [1.82, 2.24) is 4.98 Å². The number of rotatable bonds is 4. The Morgan fingerprint density at radius 3 is 2.59 bits per heavy atom. The number of halogens is 2. The molecule has 0 aromatic carbocycles. The summed E-state index contributed by atoms with van der Waals surface area (Å²) in [5.41, 5.74) is 4.81. The number of aromatic nitrogens is 1. The Kier molecular flexibility index (Phi) is 4.33. The predicted octanol–water partition coefficient (Wildman–Crippen LogP) is 1.27. The standard InChI is InChI=1S/C10H12F2N2O3/c1-16-8-5(9(11)12)3-6(10(15)17-2)14-7(8)4-13/h3,9H,4,13H2,1-2H3. The lowest BCUT2D eigenvalue weighted by Crippen LogP contribution is -2.12. The van der Waals surface area contributed by atoms with E-state index in [0.717, 1.165) is 13.2 Å². The van der Waals surface area contributed by atoms with E-state index >= 15 is 0 Å². The molecule has 0 unspecified atom stereocenters. The van der Waals surface area contributed by atoms with Crippen LogP contribution in [0.3, 0.4) is 0 Å². The molecule has 0 aliphatic carbocycles. The van der Waals surface area contributed by atoms with Crippen LogP contribution in [0.4, 0.5) is 8.78 Å². The summed E-state index contributed by atoms with van der Waals surface area (Å²) in [6, 6.07) is 0.939. The van der Waals surface area contributed by atoms with E-state index in [0.29, 0.717) is 0 Å². The molecule has 1 aromatic heterocycles. The number of esters is 1. The van der Waals surface area contributed by atoms with Gasteiger partial charge in [-0.1, -0.05) is 0 Å². The van der Waals surface area contributed by atoms with Gasteiger partial charge >= 0.3 is 5.97 Å². The van der Waals surface area contributed by atoms with Crippen LogP contribution in [0.25, 0.3) is 0 Å². The number of ether oxygens (including phenoxy) is 2. The fourth-order valence-electron chi connectivity index (χ4n) is 1.35. The van der Waals surface area contributed by atoms with Crippen LogP contribution in [0.1, 0.15) is 28.2 Å². The molecule has 0 spiro atoms. The van der Waals surface area contributed by atoms with E-state index in [9.17, 15) is 13.6 Å². The zero-order chi connectivity index (χ0) is 13.0. The van der Waals surface area contributed by atoms with Crippen molar-refractivity contribution in [1.29, 1.82) is 0 Å². The highest BCUT2D eigenvalue weighted by Crippen LogP contribution is 2.31. The van der Waals surface area contributed by atoms with Gasteiger partial charge in [-0.05, 0) is 6.07 Å². The summed E-state index contributed by atoms with van der Waals surface area (Å²) in [5.74, 6) is -0.903. The molecule has 0 saturated carbocycles. The Labute approximate surface area is 96.5 Å². The average molecular weight is 246 g/mol. The zero-order valence-electron chi connectivity index (χ0n) is 9.37. The second kappa shape index (κ2) is 5.53. The van der Waals surface area contributed by atoms with Crippen molar-refractivity contribution in [3.05, 3.63) is 23.0 Å². The predicted molar refractivity (Wildman–Crippen MR) is 55.0 cm³/mol. The van der Waals surface area contributed by atoms with Crippen molar-refractivity contribution in [2.45, 2.75) is 13.0 Å². The molecule has 17 heavy (non-hydrogen) atoms. The first kappa shape index (κ1) is 13.3. The van der Waals surface area contributed by atoms with Gasteiger partial charge in [-0.2, -0.15) is 0 Å². The minimum absolute atomic E-state index is 0.0886. The van der Waals surface area contributed by atoms with Crippen LogP contribution in [0.2, 0.25) is 0 Å². The molecule has 0 fully saturated rings. The van der Waals surface area contributed by atoms with E-state index in [4.69, 9.17) is 10.5 Å². The van der Waals surface area contributed by atoms with E-state index in [-0.39, 0.29) is 23.7 Å². The number of alkyl halides is 2. The van der Waals surface area contributed by atoms with E-state index in [1.807, 2.05) is 0 Å².